The Morgan fingerprint density at radius 2 is 2.17 bits per heavy atom. The lowest BCUT2D eigenvalue weighted by molar-refractivity contribution is 0.127. The van der Waals surface area contributed by atoms with Crippen molar-refractivity contribution < 1.29 is 9.63 Å². The Labute approximate surface area is 142 Å². The molecule has 3 rings (SSSR count). The summed E-state index contributed by atoms with van der Waals surface area (Å²) in [7, 11) is 0. The number of nitrogens with zero attached hydrogens (tertiary/aromatic N) is 3. The summed E-state index contributed by atoms with van der Waals surface area (Å²) in [5.41, 5.74) is 8.26. The Kier molecular flexibility index (Phi) is 6.53. The molecule has 0 spiro atoms. The second-order valence-electron chi connectivity index (χ2n) is 5.61. The van der Waals surface area contributed by atoms with E-state index in [1.807, 2.05) is 0 Å². The second-order valence-corrected chi connectivity index (χ2v) is 5.61. The highest BCUT2D eigenvalue weighted by Gasteiger charge is 2.26. The van der Waals surface area contributed by atoms with Crippen molar-refractivity contribution in [2.75, 3.05) is 13.2 Å². The molecule has 7 heteroatoms. The van der Waals surface area contributed by atoms with Gasteiger partial charge in [-0.05, 0) is 30.4 Å². The molecule has 1 heterocycles. The van der Waals surface area contributed by atoms with Crippen molar-refractivity contribution in [2.24, 2.45) is 5.73 Å². The molecule has 0 saturated carbocycles. The van der Waals surface area contributed by atoms with Crippen LogP contribution in [0.4, 0.5) is 0 Å². The Hall–Kier alpha value is -1.47. The molecule has 0 fully saturated rings. The van der Waals surface area contributed by atoms with Crippen LogP contribution in [0.15, 0.2) is 28.8 Å². The molecule has 126 valence electrons. The maximum Gasteiger partial charge on any atom is 0.240 e. The maximum absolute atomic E-state index is 9.42. The molecule has 2 aromatic rings. The first kappa shape index (κ1) is 17.9. The summed E-state index contributed by atoms with van der Waals surface area (Å²) in [5.74, 6) is 1.07. The van der Waals surface area contributed by atoms with Crippen LogP contribution in [0.2, 0.25) is 0 Å². The van der Waals surface area contributed by atoms with E-state index in [4.69, 9.17) is 10.3 Å². The van der Waals surface area contributed by atoms with Crippen molar-refractivity contribution in [3.05, 3.63) is 47.1 Å². The van der Waals surface area contributed by atoms with E-state index in [1.165, 1.54) is 11.1 Å². The van der Waals surface area contributed by atoms with Crippen LogP contribution in [-0.4, -0.2) is 33.3 Å². The Balaban J connectivity index is 0.00000192. The number of hydrogen-bond acceptors (Lipinski definition) is 6. The molecule has 6 nitrogen and oxygen atoms in total. The molecule has 0 saturated heterocycles. The lowest BCUT2D eigenvalue weighted by Gasteiger charge is -2.34. The van der Waals surface area contributed by atoms with Gasteiger partial charge in [0.2, 0.25) is 5.89 Å². The van der Waals surface area contributed by atoms with Gasteiger partial charge in [0.25, 0.3) is 0 Å². The van der Waals surface area contributed by atoms with E-state index in [2.05, 4.69) is 39.3 Å². The molecule has 0 amide bonds. The highest BCUT2D eigenvalue weighted by molar-refractivity contribution is 5.85. The summed E-state index contributed by atoms with van der Waals surface area (Å²) in [6.45, 7) is 1.51. The standard InChI is InChI=1S/C16H22N4O2.ClH/c17-10-16-18-15(19-22-16)11-20(8-9-21)14-7-3-5-12-4-1-2-6-13(12)14;/h1-2,4,6,14,21H,3,5,7-11,17H2;1H. The number of halogens is 1. The van der Waals surface area contributed by atoms with Gasteiger partial charge in [0.1, 0.15) is 0 Å². The number of fused-ring (bicyclic) bond motifs is 1. The first-order valence-corrected chi connectivity index (χ1v) is 7.76. The third-order valence-corrected chi connectivity index (χ3v) is 4.20. The minimum absolute atomic E-state index is 0. The van der Waals surface area contributed by atoms with Crippen molar-refractivity contribution in [3.8, 4) is 0 Å². The second kappa shape index (κ2) is 8.40. The van der Waals surface area contributed by atoms with Gasteiger partial charge < -0.3 is 15.4 Å². The van der Waals surface area contributed by atoms with Crippen molar-refractivity contribution >= 4 is 12.4 Å². The van der Waals surface area contributed by atoms with Crippen molar-refractivity contribution in [1.29, 1.82) is 0 Å². The summed E-state index contributed by atoms with van der Waals surface area (Å²) in [5, 5.41) is 13.4. The van der Waals surface area contributed by atoms with Gasteiger partial charge in [0, 0.05) is 12.6 Å². The molecule has 0 aliphatic heterocycles. The van der Waals surface area contributed by atoms with Crippen LogP contribution in [0.25, 0.3) is 0 Å². The lowest BCUT2D eigenvalue weighted by atomic mass is 9.87. The van der Waals surface area contributed by atoms with Gasteiger partial charge in [-0.25, -0.2) is 0 Å². The highest BCUT2D eigenvalue weighted by Crippen LogP contribution is 2.34. The first-order chi connectivity index (χ1) is 10.8. The van der Waals surface area contributed by atoms with Crippen molar-refractivity contribution in [1.82, 2.24) is 15.0 Å². The number of benzene rings is 1. The smallest absolute Gasteiger partial charge is 0.240 e. The van der Waals surface area contributed by atoms with Gasteiger partial charge in [-0.1, -0.05) is 29.4 Å². The molecule has 1 unspecified atom stereocenters. The van der Waals surface area contributed by atoms with Gasteiger partial charge in [-0.2, -0.15) is 4.98 Å². The van der Waals surface area contributed by atoms with E-state index in [1.54, 1.807) is 0 Å². The molecule has 0 radical (unpaired) electrons. The van der Waals surface area contributed by atoms with Crippen LogP contribution < -0.4 is 5.73 Å². The number of aliphatic hydroxyl groups is 1. The predicted molar refractivity (Wildman–Crippen MR) is 89.1 cm³/mol. The highest BCUT2D eigenvalue weighted by atomic mass is 35.5. The predicted octanol–water partition coefficient (Wildman–Crippen LogP) is 1.82. The average Bonchev–Trinajstić information content (AvgIpc) is 3.02. The SMILES string of the molecule is Cl.NCc1nc(CN(CCO)C2CCCc3ccccc32)no1. The molecule has 1 aliphatic carbocycles. The summed E-state index contributed by atoms with van der Waals surface area (Å²) < 4.78 is 5.07. The quantitative estimate of drug-likeness (QED) is 0.835. The zero-order chi connectivity index (χ0) is 15.4. The van der Waals surface area contributed by atoms with Crippen molar-refractivity contribution in [3.63, 3.8) is 0 Å². The van der Waals surface area contributed by atoms with Gasteiger partial charge in [0.15, 0.2) is 5.82 Å². The first-order valence-electron chi connectivity index (χ1n) is 7.76. The number of aliphatic hydroxyl groups excluding tert-OH is 1. The largest absolute Gasteiger partial charge is 0.395 e. The number of aryl methyl sites for hydroxylation is 1. The van der Waals surface area contributed by atoms with Crippen LogP contribution in [0, 0.1) is 0 Å². The van der Waals surface area contributed by atoms with E-state index >= 15 is 0 Å². The summed E-state index contributed by atoms with van der Waals surface area (Å²) >= 11 is 0. The van der Waals surface area contributed by atoms with E-state index in [-0.39, 0.29) is 31.6 Å². The zero-order valence-electron chi connectivity index (χ0n) is 13.0. The molecule has 3 N–H and O–H groups in total. The van der Waals surface area contributed by atoms with Crippen LogP contribution in [0.3, 0.4) is 0 Å². The van der Waals surface area contributed by atoms with Gasteiger partial charge in [0.05, 0.1) is 19.7 Å². The fraction of sp³-hybridized carbons (Fsp3) is 0.500. The van der Waals surface area contributed by atoms with Crippen LogP contribution in [-0.2, 0) is 19.5 Å². The average molecular weight is 339 g/mol. The van der Waals surface area contributed by atoms with Crippen LogP contribution in [0.5, 0.6) is 0 Å². The molecule has 1 aliphatic rings. The summed E-state index contributed by atoms with van der Waals surface area (Å²) in [6.07, 6.45) is 3.36. The molecular formula is C16H23ClN4O2. The topological polar surface area (TPSA) is 88.4 Å². The zero-order valence-corrected chi connectivity index (χ0v) is 13.8. The van der Waals surface area contributed by atoms with E-state index in [0.29, 0.717) is 24.8 Å². The van der Waals surface area contributed by atoms with Crippen LogP contribution >= 0.6 is 12.4 Å². The van der Waals surface area contributed by atoms with Crippen LogP contribution in [0.1, 0.15) is 41.7 Å². The van der Waals surface area contributed by atoms with E-state index in [9.17, 15) is 5.11 Å². The fourth-order valence-corrected chi connectivity index (χ4v) is 3.20. The Bertz CT molecular complexity index is 620. The summed E-state index contributed by atoms with van der Waals surface area (Å²) in [4.78, 5) is 6.50. The molecule has 1 atom stereocenters. The third kappa shape index (κ3) is 4.09. The summed E-state index contributed by atoms with van der Waals surface area (Å²) in [6, 6.07) is 8.83. The number of hydrogen-bond donors (Lipinski definition) is 2. The Morgan fingerprint density at radius 3 is 2.91 bits per heavy atom. The van der Waals surface area contributed by atoms with Crippen molar-refractivity contribution in [2.45, 2.75) is 38.4 Å². The molecule has 1 aromatic heterocycles. The molecule has 0 bridgehead atoms. The number of rotatable bonds is 6. The van der Waals surface area contributed by atoms with E-state index < -0.39 is 0 Å². The monoisotopic (exact) mass is 338 g/mol. The van der Waals surface area contributed by atoms with Gasteiger partial charge in [-0.15, -0.1) is 12.4 Å². The normalized spacial score (nSPS) is 16.9. The number of nitrogens with two attached hydrogens (primary N) is 1. The fourth-order valence-electron chi connectivity index (χ4n) is 3.20. The molecule has 1 aromatic carbocycles. The minimum atomic E-state index is 0. The lowest BCUT2D eigenvalue weighted by Crippen LogP contribution is -2.33. The Morgan fingerprint density at radius 1 is 1.35 bits per heavy atom. The van der Waals surface area contributed by atoms with Gasteiger partial charge >= 0.3 is 0 Å². The third-order valence-electron chi connectivity index (χ3n) is 4.20. The van der Waals surface area contributed by atoms with Gasteiger partial charge in [-0.3, -0.25) is 4.90 Å². The maximum atomic E-state index is 9.42. The van der Waals surface area contributed by atoms with E-state index in [0.717, 1.165) is 19.3 Å². The minimum Gasteiger partial charge on any atom is -0.395 e. The molecule has 23 heavy (non-hydrogen) atoms. The molecular weight excluding hydrogens is 316 g/mol. The number of aromatic nitrogens is 2.